The van der Waals surface area contributed by atoms with Crippen LogP contribution in [0.15, 0.2) is 34.6 Å². The van der Waals surface area contributed by atoms with Crippen molar-refractivity contribution in [1.82, 2.24) is 9.80 Å². The van der Waals surface area contributed by atoms with Crippen LogP contribution in [-0.4, -0.2) is 58.8 Å². The number of carbonyl (C=O) groups is 2. The maximum absolute atomic E-state index is 13.6. The Kier molecular flexibility index (Phi) is 9.79. The van der Waals surface area contributed by atoms with Gasteiger partial charge in [0, 0.05) is 23.4 Å². The number of benzene rings is 1. The SMILES string of the molecule is CN(C)C(C)(C)COC(=O)CCCCCN1C(=O)C(=Cc2cc(-c3ccc(F)c(F)c3)cs2)SC1=S. The number of thiophene rings is 1. The molecule has 2 heterocycles. The normalized spacial score (nSPS) is 15.4. The van der Waals surface area contributed by atoms with Crippen molar-refractivity contribution < 1.29 is 23.1 Å². The van der Waals surface area contributed by atoms with Gasteiger partial charge >= 0.3 is 5.97 Å². The van der Waals surface area contributed by atoms with Gasteiger partial charge in [-0.3, -0.25) is 14.5 Å². The van der Waals surface area contributed by atoms with Gasteiger partial charge in [0.25, 0.3) is 5.91 Å². The van der Waals surface area contributed by atoms with E-state index in [1.54, 1.807) is 11.0 Å². The van der Waals surface area contributed by atoms with E-state index in [0.717, 1.165) is 35.4 Å². The molecular weight excluding hydrogens is 522 g/mol. The highest BCUT2D eigenvalue weighted by atomic mass is 32.2. The standard InChI is InChI=1S/C26H30F2N2O3S3/c1-26(2,29(3)4)16-33-23(31)8-6-5-7-11-30-24(32)22(36-25(30)34)14-19-12-18(15-35-19)17-9-10-20(27)21(28)13-17/h9-10,12-15H,5-8,11,16H2,1-4H3. The minimum atomic E-state index is -0.897. The first-order valence-corrected chi connectivity index (χ1v) is 13.7. The Bertz CT molecular complexity index is 1160. The average molecular weight is 553 g/mol. The number of carbonyl (C=O) groups excluding carboxylic acids is 2. The van der Waals surface area contributed by atoms with Crippen LogP contribution in [0.2, 0.25) is 0 Å². The molecule has 1 aromatic carbocycles. The maximum atomic E-state index is 13.6. The van der Waals surface area contributed by atoms with Crippen molar-refractivity contribution in [3.63, 3.8) is 0 Å². The molecule has 0 N–H and O–H groups in total. The zero-order valence-corrected chi connectivity index (χ0v) is 23.3. The number of ether oxygens (including phenoxy) is 1. The van der Waals surface area contributed by atoms with Gasteiger partial charge in [-0.1, -0.05) is 36.5 Å². The molecule has 1 aromatic heterocycles. The molecule has 1 saturated heterocycles. The van der Waals surface area contributed by atoms with Crippen molar-refractivity contribution in [2.24, 2.45) is 0 Å². The van der Waals surface area contributed by atoms with Gasteiger partial charge in [0.05, 0.1) is 4.91 Å². The van der Waals surface area contributed by atoms with Crippen molar-refractivity contribution in [2.45, 2.75) is 45.1 Å². The lowest BCUT2D eigenvalue weighted by Crippen LogP contribution is -2.43. The summed E-state index contributed by atoms with van der Waals surface area (Å²) in [5.74, 6) is -2.14. The fraction of sp³-hybridized carbons (Fsp3) is 0.423. The third-order valence-corrected chi connectivity index (χ3v) is 8.34. The topological polar surface area (TPSA) is 49.9 Å². The number of thioether (sulfide) groups is 1. The Labute approximate surface area is 224 Å². The number of nitrogens with zero attached hydrogens (tertiary/aromatic N) is 2. The van der Waals surface area contributed by atoms with Gasteiger partial charge in [0.2, 0.25) is 0 Å². The Morgan fingerprint density at radius 3 is 2.58 bits per heavy atom. The molecule has 1 amide bonds. The molecule has 0 unspecified atom stereocenters. The molecule has 36 heavy (non-hydrogen) atoms. The van der Waals surface area contributed by atoms with Gasteiger partial charge in [-0.15, -0.1) is 11.3 Å². The second kappa shape index (κ2) is 12.4. The Hall–Kier alpha value is -2.14. The lowest BCUT2D eigenvalue weighted by Gasteiger charge is -2.31. The van der Waals surface area contributed by atoms with Crippen LogP contribution >= 0.6 is 35.3 Å². The fourth-order valence-corrected chi connectivity index (χ4v) is 5.47. The van der Waals surface area contributed by atoms with Gasteiger partial charge in [-0.05, 0) is 81.6 Å². The van der Waals surface area contributed by atoms with Crippen LogP contribution in [0.5, 0.6) is 0 Å². The number of hydrogen-bond acceptors (Lipinski definition) is 7. The number of likely N-dealkylation sites (N-methyl/N-ethyl adjacent to an activating group) is 1. The summed E-state index contributed by atoms with van der Waals surface area (Å²) in [4.78, 5) is 29.8. The predicted molar refractivity (Wildman–Crippen MR) is 147 cm³/mol. The van der Waals surface area contributed by atoms with E-state index >= 15 is 0 Å². The molecule has 0 saturated carbocycles. The third kappa shape index (κ3) is 7.44. The molecule has 194 valence electrons. The molecule has 1 aliphatic heterocycles. The summed E-state index contributed by atoms with van der Waals surface area (Å²) in [6.07, 6.45) is 4.33. The van der Waals surface area contributed by atoms with E-state index < -0.39 is 11.6 Å². The molecule has 0 bridgehead atoms. The molecule has 0 radical (unpaired) electrons. The fourth-order valence-electron chi connectivity index (χ4n) is 3.25. The van der Waals surface area contributed by atoms with E-state index in [4.69, 9.17) is 17.0 Å². The molecule has 10 heteroatoms. The third-order valence-electron chi connectivity index (χ3n) is 6.08. The number of halogens is 2. The zero-order valence-electron chi connectivity index (χ0n) is 20.8. The number of unbranched alkanes of at least 4 members (excludes halogenated alkanes) is 2. The Morgan fingerprint density at radius 2 is 1.89 bits per heavy atom. The molecular formula is C26H30F2N2O3S3. The Morgan fingerprint density at radius 1 is 1.14 bits per heavy atom. The maximum Gasteiger partial charge on any atom is 0.305 e. The van der Waals surface area contributed by atoms with Gasteiger partial charge in [-0.2, -0.15) is 0 Å². The summed E-state index contributed by atoms with van der Waals surface area (Å²) >= 11 is 8.07. The zero-order chi connectivity index (χ0) is 26.5. The summed E-state index contributed by atoms with van der Waals surface area (Å²) in [6, 6.07) is 5.61. The van der Waals surface area contributed by atoms with Crippen molar-refractivity contribution in [3.05, 3.63) is 51.1 Å². The van der Waals surface area contributed by atoms with Crippen LogP contribution in [-0.2, 0) is 14.3 Å². The minimum Gasteiger partial charge on any atom is -0.464 e. The number of hydrogen-bond donors (Lipinski definition) is 0. The van der Waals surface area contributed by atoms with Crippen molar-refractivity contribution in [3.8, 4) is 11.1 Å². The van der Waals surface area contributed by atoms with Gasteiger partial charge in [0.15, 0.2) is 11.6 Å². The molecule has 5 nitrogen and oxygen atoms in total. The first-order chi connectivity index (χ1) is 17.0. The van der Waals surface area contributed by atoms with E-state index in [0.29, 0.717) is 40.8 Å². The van der Waals surface area contributed by atoms with Crippen molar-refractivity contribution in [1.29, 1.82) is 0 Å². The summed E-state index contributed by atoms with van der Waals surface area (Å²) in [5.41, 5.74) is 1.11. The van der Waals surface area contributed by atoms with Crippen molar-refractivity contribution in [2.75, 3.05) is 27.2 Å². The highest BCUT2D eigenvalue weighted by molar-refractivity contribution is 8.26. The molecule has 3 rings (SSSR count). The van der Waals surface area contributed by atoms with E-state index in [1.165, 1.54) is 29.2 Å². The number of amides is 1. The largest absolute Gasteiger partial charge is 0.464 e. The van der Waals surface area contributed by atoms with E-state index in [-0.39, 0.29) is 17.4 Å². The van der Waals surface area contributed by atoms with Crippen LogP contribution in [0.25, 0.3) is 17.2 Å². The van der Waals surface area contributed by atoms with E-state index in [9.17, 15) is 18.4 Å². The molecule has 0 atom stereocenters. The number of rotatable bonds is 11. The summed E-state index contributed by atoms with van der Waals surface area (Å²) < 4.78 is 32.7. The molecule has 1 fully saturated rings. The highest BCUT2D eigenvalue weighted by Crippen LogP contribution is 2.35. The second-order valence-corrected chi connectivity index (χ2v) is 12.0. The smallest absolute Gasteiger partial charge is 0.305 e. The monoisotopic (exact) mass is 552 g/mol. The van der Waals surface area contributed by atoms with Crippen LogP contribution in [0.4, 0.5) is 8.78 Å². The van der Waals surface area contributed by atoms with Crippen LogP contribution in [0, 0.1) is 11.6 Å². The van der Waals surface area contributed by atoms with Crippen LogP contribution < -0.4 is 0 Å². The van der Waals surface area contributed by atoms with Crippen molar-refractivity contribution >= 4 is 57.6 Å². The predicted octanol–water partition coefficient (Wildman–Crippen LogP) is 6.34. The highest BCUT2D eigenvalue weighted by Gasteiger charge is 2.31. The summed E-state index contributed by atoms with van der Waals surface area (Å²) in [5, 5.41) is 1.84. The first-order valence-electron chi connectivity index (χ1n) is 11.6. The Balaban J connectivity index is 1.46. The summed E-state index contributed by atoms with van der Waals surface area (Å²) in [6.45, 7) is 4.87. The van der Waals surface area contributed by atoms with E-state index in [2.05, 4.69) is 0 Å². The summed E-state index contributed by atoms with van der Waals surface area (Å²) in [7, 11) is 3.90. The number of thiocarbonyl (C=S) groups is 1. The first kappa shape index (κ1) is 28.4. The second-order valence-electron chi connectivity index (χ2n) is 9.38. The average Bonchev–Trinajstić information content (AvgIpc) is 3.39. The lowest BCUT2D eigenvalue weighted by molar-refractivity contribution is -0.147. The van der Waals surface area contributed by atoms with Gasteiger partial charge in [-0.25, -0.2) is 8.78 Å². The molecule has 0 aliphatic carbocycles. The molecule has 2 aromatic rings. The number of esters is 1. The van der Waals surface area contributed by atoms with Crippen LogP contribution in [0.1, 0.15) is 44.4 Å². The van der Waals surface area contributed by atoms with Gasteiger partial charge < -0.3 is 9.64 Å². The van der Waals surface area contributed by atoms with Crippen LogP contribution in [0.3, 0.4) is 0 Å². The quantitative estimate of drug-likeness (QED) is 0.140. The molecule has 0 spiro atoms. The van der Waals surface area contributed by atoms with E-state index in [1.807, 2.05) is 44.3 Å². The molecule has 1 aliphatic rings. The lowest BCUT2D eigenvalue weighted by atomic mass is 10.1. The van der Waals surface area contributed by atoms with Gasteiger partial charge in [0.1, 0.15) is 10.9 Å². The minimum absolute atomic E-state index is 0.141.